The summed E-state index contributed by atoms with van der Waals surface area (Å²) >= 11 is 3.15. The fraction of sp³-hybridized carbons (Fsp3) is 0.200. The monoisotopic (exact) mass is 325 g/mol. The first-order chi connectivity index (χ1) is 8.97. The molecule has 0 aliphatic rings. The highest BCUT2D eigenvalue weighted by atomic mass is 79.9. The van der Waals surface area contributed by atoms with E-state index in [4.69, 9.17) is 0 Å². The molecule has 100 valence electrons. The highest BCUT2D eigenvalue weighted by Crippen LogP contribution is 2.25. The zero-order valence-corrected chi connectivity index (χ0v) is 12.3. The van der Waals surface area contributed by atoms with Gasteiger partial charge in [-0.25, -0.2) is 8.78 Å². The summed E-state index contributed by atoms with van der Waals surface area (Å²) < 4.78 is 27.2. The number of aryl methyl sites for hydroxylation is 1. The Morgan fingerprint density at radius 1 is 1.05 bits per heavy atom. The minimum Gasteiger partial charge on any atom is -0.376 e. The first kappa shape index (κ1) is 14.0. The van der Waals surface area contributed by atoms with Crippen molar-refractivity contribution in [3.05, 3.63) is 63.6 Å². The van der Waals surface area contributed by atoms with E-state index < -0.39 is 0 Å². The number of benzene rings is 2. The molecule has 2 rings (SSSR count). The lowest BCUT2D eigenvalue weighted by Gasteiger charge is -2.17. The molecule has 4 heteroatoms. The summed E-state index contributed by atoms with van der Waals surface area (Å²) in [6.45, 7) is 3.81. The molecule has 0 bridgehead atoms. The lowest BCUT2D eigenvalue weighted by molar-refractivity contribution is 0.618. The van der Waals surface area contributed by atoms with E-state index in [0.717, 1.165) is 11.1 Å². The molecule has 19 heavy (non-hydrogen) atoms. The van der Waals surface area contributed by atoms with Gasteiger partial charge in [-0.2, -0.15) is 0 Å². The number of rotatable bonds is 3. The smallest absolute Gasteiger partial charge is 0.146 e. The van der Waals surface area contributed by atoms with Crippen LogP contribution in [-0.4, -0.2) is 0 Å². The molecule has 2 aromatic rings. The molecule has 0 saturated heterocycles. The van der Waals surface area contributed by atoms with Gasteiger partial charge in [0.15, 0.2) is 0 Å². The second kappa shape index (κ2) is 5.70. The summed E-state index contributed by atoms with van der Waals surface area (Å²) in [4.78, 5) is 0. The van der Waals surface area contributed by atoms with Crippen molar-refractivity contribution >= 4 is 21.6 Å². The van der Waals surface area contributed by atoms with Crippen LogP contribution in [0, 0.1) is 18.6 Å². The maximum atomic E-state index is 13.7. The first-order valence-electron chi connectivity index (χ1n) is 5.95. The van der Waals surface area contributed by atoms with E-state index in [1.54, 1.807) is 24.3 Å². The van der Waals surface area contributed by atoms with Crippen molar-refractivity contribution in [3.8, 4) is 0 Å². The lowest BCUT2D eigenvalue weighted by atomic mass is 10.1. The molecule has 0 saturated carbocycles. The Kier molecular flexibility index (Phi) is 4.20. The van der Waals surface area contributed by atoms with Crippen LogP contribution < -0.4 is 5.32 Å². The number of halogens is 3. The maximum absolute atomic E-state index is 13.7. The highest BCUT2D eigenvalue weighted by Gasteiger charge is 2.10. The van der Waals surface area contributed by atoms with Gasteiger partial charge in [-0.3, -0.25) is 0 Å². The van der Waals surface area contributed by atoms with Crippen LogP contribution in [0.15, 0.2) is 40.9 Å². The molecule has 0 aromatic heterocycles. The first-order valence-corrected chi connectivity index (χ1v) is 6.74. The van der Waals surface area contributed by atoms with E-state index in [0.29, 0.717) is 10.2 Å². The molecule has 2 aromatic carbocycles. The molecule has 1 N–H and O–H groups in total. The van der Waals surface area contributed by atoms with Crippen LogP contribution in [0.1, 0.15) is 24.1 Å². The predicted molar refractivity (Wildman–Crippen MR) is 77.3 cm³/mol. The molecule has 0 amide bonds. The van der Waals surface area contributed by atoms with Gasteiger partial charge in [-0.05, 0) is 65.2 Å². The van der Waals surface area contributed by atoms with Gasteiger partial charge in [0.1, 0.15) is 11.6 Å². The van der Waals surface area contributed by atoms with Crippen molar-refractivity contribution in [2.75, 3.05) is 5.32 Å². The summed E-state index contributed by atoms with van der Waals surface area (Å²) in [5.74, 6) is -0.601. The third-order valence-corrected chi connectivity index (χ3v) is 3.55. The second-order valence-corrected chi connectivity index (χ2v) is 5.38. The van der Waals surface area contributed by atoms with Crippen LogP contribution in [0.5, 0.6) is 0 Å². The van der Waals surface area contributed by atoms with Crippen LogP contribution in [0.25, 0.3) is 0 Å². The van der Waals surface area contributed by atoms with Crippen molar-refractivity contribution in [2.45, 2.75) is 19.9 Å². The molecule has 0 spiro atoms. The molecule has 1 unspecified atom stereocenters. The third-order valence-electron chi connectivity index (χ3n) is 2.94. The Bertz CT molecular complexity index is 599. The van der Waals surface area contributed by atoms with E-state index in [1.165, 1.54) is 12.1 Å². The van der Waals surface area contributed by atoms with E-state index in [9.17, 15) is 8.78 Å². The lowest BCUT2D eigenvalue weighted by Crippen LogP contribution is -2.08. The largest absolute Gasteiger partial charge is 0.376 e. The minimum atomic E-state index is -0.308. The standard InChI is InChI=1S/C15H14BrF2N/c1-9-3-5-14(18)15(7-9)19-10(2)11-4-6-13(17)12(16)8-11/h3-8,10,19H,1-2H3. The fourth-order valence-corrected chi connectivity index (χ4v) is 2.24. The predicted octanol–water partition coefficient (Wildman–Crippen LogP) is 5.21. The molecule has 0 heterocycles. The van der Waals surface area contributed by atoms with Crippen LogP contribution in [-0.2, 0) is 0 Å². The molecule has 0 aliphatic carbocycles. The molecular formula is C15H14BrF2N. The average Bonchev–Trinajstić information content (AvgIpc) is 2.37. The Hall–Kier alpha value is -1.42. The van der Waals surface area contributed by atoms with E-state index >= 15 is 0 Å². The number of nitrogens with one attached hydrogen (secondary N) is 1. The van der Waals surface area contributed by atoms with Crippen LogP contribution >= 0.6 is 15.9 Å². The van der Waals surface area contributed by atoms with Crippen molar-refractivity contribution in [3.63, 3.8) is 0 Å². The summed E-state index contributed by atoms with van der Waals surface area (Å²) in [6.07, 6.45) is 0. The zero-order valence-electron chi connectivity index (χ0n) is 10.7. The summed E-state index contributed by atoms with van der Waals surface area (Å²) in [7, 11) is 0. The molecule has 0 aliphatic heterocycles. The van der Waals surface area contributed by atoms with Gasteiger partial charge in [0.2, 0.25) is 0 Å². The maximum Gasteiger partial charge on any atom is 0.146 e. The Morgan fingerprint density at radius 3 is 2.42 bits per heavy atom. The van der Waals surface area contributed by atoms with Crippen molar-refractivity contribution in [1.29, 1.82) is 0 Å². The highest BCUT2D eigenvalue weighted by molar-refractivity contribution is 9.10. The van der Waals surface area contributed by atoms with E-state index in [1.807, 2.05) is 13.8 Å². The van der Waals surface area contributed by atoms with Crippen LogP contribution in [0.2, 0.25) is 0 Å². The van der Waals surface area contributed by atoms with Crippen LogP contribution in [0.3, 0.4) is 0 Å². The third kappa shape index (κ3) is 3.32. The number of anilines is 1. The van der Waals surface area contributed by atoms with Gasteiger partial charge < -0.3 is 5.32 Å². The average molecular weight is 326 g/mol. The summed E-state index contributed by atoms with van der Waals surface area (Å²) in [6, 6.07) is 9.57. The molecule has 0 fully saturated rings. The fourth-order valence-electron chi connectivity index (χ4n) is 1.85. The normalized spacial score (nSPS) is 12.3. The molecule has 0 radical (unpaired) electrons. The van der Waals surface area contributed by atoms with Gasteiger partial charge in [-0.15, -0.1) is 0 Å². The Morgan fingerprint density at radius 2 is 1.74 bits per heavy atom. The quantitative estimate of drug-likeness (QED) is 0.816. The van der Waals surface area contributed by atoms with Crippen LogP contribution in [0.4, 0.5) is 14.5 Å². The van der Waals surface area contributed by atoms with Gasteiger partial charge in [0.25, 0.3) is 0 Å². The topological polar surface area (TPSA) is 12.0 Å². The van der Waals surface area contributed by atoms with Gasteiger partial charge >= 0.3 is 0 Å². The molecule has 1 nitrogen and oxygen atoms in total. The van der Waals surface area contributed by atoms with Gasteiger partial charge in [-0.1, -0.05) is 12.1 Å². The van der Waals surface area contributed by atoms with E-state index in [-0.39, 0.29) is 17.7 Å². The summed E-state index contributed by atoms with van der Waals surface area (Å²) in [5, 5.41) is 3.10. The van der Waals surface area contributed by atoms with Crippen molar-refractivity contribution in [2.24, 2.45) is 0 Å². The number of hydrogen-bond donors (Lipinski definition) is 1. The summed E-state index contributed by atoms with van der Waals surface area (Å²) in [5.41, 5.74) is 2.32. The zero-order chi connectivity index (χ0) is 14.0. The Labute approximate surface area is 119 Å². The second-order valence-electron chi connectivity index (χ2n) is 4.52. The van der Waals surface area contributed by atoms with Crippen molar-refractivity contribution < 1.29 is 8.78 Å². The van der Waals surface area contributed by atoms with Crippen molar-refractivity contribution in [1.82, 2.24) is 0 Å². The van der Waals surface area contributed by atoms with E-state index in [2.05, 4.69) is 21.2 Å². The van der Waals surface area contributed by atoms with Gasteiger partial charge in [0.05, 0.1) is 10.2 Å². The number of hydrogen-bond acceptors (Lipinski definition) is 1. The van der Waals surface area contributed by atoms with Gasteiger partial charge in [0, 0.05) is 6.04 Å². The molecular weight excluding hydrogens is 312 g/mol. The SMILES string of the molecule is Cc1ccc(F)c(NC(C)c2ccc(F)c(Br)c2)c1. The Balaban J connectivity index is 2.22. The minimum absolute atomic E-state index is 0.117. The molecule has 1 atom stereocenters.